The molecule has 0 unspecified atom stereocenters. The molecule has 0 radical (unpaired) electrons. The van der Waals surface area contributed by atoms with Crippen LogP contribution in [0.2, 0.25) is 0 Å². The van der Waals surface area contributed by atoms with E-state index >= 15 is 0 Å². The van der Waals surface area contributed by atoms with E-state index < -0.39 is 17.3 Å². The van der Waals surface area contributed by atoms with Gasteiger partial charge in [0.2, 0.25) is 0 Å². The Bertz CT molecular complexity index is 1360. The minimum Gasteiger partial charge on any atom is -0.488 e. The van der Waals surface area contributed by atoms with E-state index in [4.69, 9.17) is 9.47 Å². The zero-order chi connectivity index (χ0) is 27.8. The molecule has 9 nitrogen and oxygen atoms in total. The highest BCUT2D eigenvalue weighted by atomic mass is 19.1. The summed E-state index contributed by atoms with van der Waals surface area (Å²) in [6.45, 7) is 8.63. The number of benzene rings is 2. The molecule has 4 rings (SSSR count). The van der Waals surface area contributed by atoms with Crippen LogP contribution in [0.1, 0.15) is 47.1 Å². The fraction of sp³-hybridized carbons (Fsp3) is 0.393. The third kappa shape index (κ3) is 6.13. The maximum Gasteiger partial charge on any atom is 0.257 e. The summed E-state index contributed by atoms with van der Waals surface area (Å²) in [5, 5.41) is 6.93. The fourth-order valence-electron chi connectivity index (χ4n) is 3.98. The van der Waals surface area contributed by atoms with E-state index in [9.17, 15) is 14.0 Å². The van der Waals surface area contributed by atoms with Gasteiger partial charge < -0.3 is 24.6 Å². The molecular weight excluding hydrogens is 489 g/mol. The smallest absolute Gasteiger partial charge is 0.257 e. The highest BCUT2D eigenvalue weighted by Gasteiger charge is 2.33. The van der Waals surface area contributed by atoms with E-state index in [1.165, 1.54) is 12.1 Å². The second-order valence-corrected chi connectivity index (χ2v) is 10.7. The van der Waals surface area contributed by atoms with Gasteiger partial charge in [0.25, 0.3) is 11.8 Å². The molecule has 0 aliphatic carbocycles. The first-order valence-corrected chi connectivity index (χ1v) is 12.4. The Labute approximate surface area is 222 Å². The van der Waals surface area contributed by atoms with Gasteiger partial charge in [-0.3, -0.25) is 14.3 Å². The Morgan fingerprint density at radius 3 is 2.37 bits per heavy atom. The van der Waals surface area contributed by atoms with Gasteiger partial charge in [-0.25, -0.2) is 4.39 Å². The molecule has 0 bridgehead atoms. The lowest BCUT2D eigenvalue weighted by Gasteiger charge is -2.42. The van der Waals surface area contributed by atoms with E-state index in [2.05, 4.69) is 10.4 Å². The summed E-state index contributed by atoms with van der Waals surface area (Å²) in [5.74, 6) is -0.0353. The Morgan fingerprint density at radius 2 is 1.79 bits per heavy atom. The molecule has 3 aromatic rings. The van der Waals surface area contributed by atoms with E-state index in [0.717, 1.165) is 0 Å². The monoisotopic (exact) mass is 523 g/mol. The van der Waals surface area contributed by atoms with Gasteiger partial charge in [-0.15, -0.1) is 0 Å². The molecule has 2 heterocycles. The number of anilines is 1. The van der Waals surface area contributed by atoms with Gasteiger partial charge in [0.15, 0.2) is 5.82 Å². The number of amides is 2. The molecule has 1 aliphatic rings. The molecule has 1 saturated heterocycles. The van der Waals surface area contributed by atoms with Gasteiger partial charge in [0.05, 0.1) is 5.56 Å². The number of rotatable bonds is 7. The first-order chi connectivity index (χ1) is 17.8. The predicted octanol–water partition coefficient (Wildman–Crippen LogP) is 4.48. The van der Waals surface area contributed by atoms with Crippen molar-refractivity contribution in [3.63, 3.8) is 0 Å². The number of ether oxygens (including phenoxy) is 2. The molecule has 202 valence electrons. The molecule has 0 saturated carbocycles. The van der Waals surface area contributed by atoms with Crippen LogP contribution in [0.15, 0.2) is 42.6 Å². The average molecular weight is 524 g/mol. The van der Waals surface area contributed by atoms with Crippen molar-refractivity contribution in [2.24, 2.45) is 7.05 Å². The number of hydrogen-bond donors (Lipinski definition) is 1. The summed E-state index contributed by atoms with van der Waals surface area (Å²) in [4.78, 5) is 29.4. The summed E-state index contributed by atoms with van der Waals surface area (Å²) in [5.41, 5.74) is 0.391. The van der Waals surface area contributed by atoms with Gasteiger partial charge in [0.1, 0.15) is 28.7 Å². The number of aryl methyl sites for hydroxylation is 1. The predicted molar refractivity (Wildman–Crippen MR) is 143 cm³/mol. The van der Waals surface area contributed by atoms with Crippen molar-refractivity contribution in [1.82, 2.24) is 19.6 Å². The Balaban J connectivity index is 1.59. The second kappa shape index (κ2) is 10.4. The maximum absolute atomic E-state index is 15.0. The summed E-state index contributed by atoms with van der Waals surface area (Å²) >= 11 is 0. The molecule has 0 atom stereocenters. The van der Waals surface area contributed by atoms with Crippen molar-refractivity contribution in [3.05, 3.63) is 65.1 Å². The molecular formula is C28H34FN5O4. The van der Waals surface area contributed by atoms with Gasteiger partial charge in [-0.2, -0.15) is 5.10 Å². The minimum absolute atomic E-state index is 0.00785. The van der Waals surface area contributed by atoms with Gasteiger partial charge in [0, 0.05) is 55.6 Å². The van der Waals surface area contributed by atoms with Crippen LogP contribution < -0.4 is 14.8 Å². The molecule has 1 aromatic heterocycles. The summed E-state index contributed by atoms with van der Waals surface area (Å²) in [7, 11) is 5.66. The molecule has 2 amide bonds. The van der Waals surface area contributed by atoms with E-state index in [1.54, 1.807) is 54.0 Å². The molecule has 1 aliphatic heterocycles. The largest absolute Gasteiger partial charge is 0.488 e. The lowest BCUT2D eigenvalue weighted by atomic mass is 10.1. The minimum atomic E-state index is -0.673. The topological polar surface area (TPSA) is 88.9 Å². The maximum atomic E-state index is 15.0. The van der Waals surface area contributed by atoms with E-state index in [-0.39, 0.29) is 28.8 Å². The zero-order valence-electron chi connectivity index (χ0n) is 22.8. The van der Waals surface area contributed by atoms with Crippen LogP contribution in [0.25, 0.3) is 0 Å². The van der Waals surface area contributed by atoms with Gasteiger partial charge in [-0.05, 0) is 66.1 Å². The number of halogens is 1. The van der Waals surface area contributed by atoms with Gasteiger partial charge in [-0.1, -0.05) is 0 Å². The van der Waals surface area contributed by atoms with Crippen molar-refractivity contribution in [3.8, 4) is 17.2 Å². The molecule has 0 spiro atoms. The highest BCUT2D eigenvalue weighted by molar-refractivity contribution is 6.04. The van der Waals surface area contributed by atoms with Crippen LogP contribution >= 0.6 is 0 Å². The number of likely N-dealkylation sites (N-methyl/N-ethyl adjacent to an activating group) is 1. The first kappa shape index (κ1) is 27.1. The lowest BCUT2D eigenvalue weighted by molar-refractivity contribution is 0.0395. The number of likely N-dealkylation sites (tertiary alicyclic amines) is 1. The summed E-state index contributed by atoms with van der Waals surface area (Å²) in [6, 6.07) is 9.33. The molecule has 38 heavy (non-hydrogen) atoms. The van der Waals surface area contributed by atoms with Crippen LogP contribution in [-0.2, 0) is 7.05 Å². The van der Waals surface area contributed by atoms with Crippen LogP contribution in [0, 0.1) is 12.7 Å². The quantitative estimate of drug-likeness (QED) is 0.492. The first-order valence-electron chi connectivity index (χ1n) is 12.4. The number of aromatic nitrogens is 2. The average Bonchev–Trinajstić information content (AvgIpc) is 3.18. The third-order valence-corrected chi connectivity index (χ3v) is 6.22. The number of carbonyl (C=O) groups excluding carboxylic acids is 2. The van der Waals surface area contributed by atoms with Crippen LogP contribution in [0.4, 0.5) is 10.2 Å². The van der Waals surface area contributed by atoms with Crippen LogP contribution in [-0.4, -0.2) is 70.2 Å². The zero-order valence-corrected chi connectivity index (χ0v) is 22.8. The van der Waals surface area contributed by atoms with Crippen molar-refractivity contribution < 1.29 is 23.5 Å². The van der Waals surface area contributed by atoms with Crippen molar-refractivity contribution in [2.45, 2.75) is 39.3 Å². The summed E-state index contributed by atoms with van der Waals surface area (Å²) < 4.78 is 28.7. The number of hydrogen-bond acceptors (Lipinski definition) is 6. The lowest BCUT2D eigenvalue weighted by Crippen LogP contribution is -2.59. The van der Waals surface area contributed by atoms with Crippen molar-refractivity contribution in [2.75, 3.05) is 32.5 Å². The van der Waals surface area contributed by atoms with E-state index in [0.29, 0.717) is 36.0 Å². The number of nitrogens with zero attached hydrogens (tertiary/aromatic N) is 4. The fourth-order valence-corrected chi connectivity index (χ4v) is 3.98. The summed E-state index contributed by atoms with van der Waals surface area (Å²) in [6.07, 6.45) is 1.72. The Morgan fingerprint density at radius 1 is 1.11 bits per heavy atom. The standard InChI is InChI=1S/C28H34FN5O4/c1-17-23(37-20-8-9-21(22(29)14-20)27(36)34-15-19(16-34)32(5)6)12-18(13-24(17)38-28(2,3)4)26(35)30-25-10-11-33(7)31-25/h8-14,19H,15-16H2,1-7H3,(H,30,31,35). The second-order valence-electron chi connectivity index (χ2n) is 10.7. The Kier molecular flexibility index (Phi) is 7.46. The normalized spacial score (nSPS) is 13.9. The van der Waals surface area contributed by atoms with Crippen LogP contribution in [0.3, 0.4) is 0 Å². The molecule has 1 N–H and O–H groups in total. The number of nitrogens with one attached hydrogen (secondary N) is 1. The van der Waals surface area contributed by atoms with Crippen molar-refractivity contribution in [1.29, 1.82) is 0 Å². The molecule has 2 aromatic carbocycles. The van der Waals surface area contributed by atoms with Crippen molar-refractivity contribution >= 4 is 17.6 Å². The Hall–Kier alpha value is -3.92. The SMILES string of the molecule is Cc1c(Oc2ccc(C(=O)N3CC(N(C)C)C3)c(F)c2)cc(C(=O)Nc2ccn(C)n2)cc1OC(C)(C)C. The number of carbonyl (C=O) groups is 2. The third-order valence-electron chi connectivity index (χ3n) is 6.22. The molecule has 1 fully saturated rings. The highest BCUT2D eigenvalue weighted by Crippen LogP contribution is 2.36. The molecule has 10 heteroatoms. The van der Waals surface area contributed by atoms with Crippen LogP contribution in [0.5, 0.6) is 17.2 Å². The van der Waals surface area contributed by atoms with E-state index in [1.807, 2.05) is 39.8 Å². The van der Waals surface area contributed by atoms with Gasteiger partial charge >= 0.3 is 0 Å².